The lowest BCUT2D eigenvalue weighted by Crippen LogP contribution is -2.38. The third-order valence-corrected chi connectivity index (χ3v) is 3.68. The highest BCUT2D eigenvalue weighted by atomic mass is 16.6. The minimum Gasteiger partial charge on any atom is -0.481 e. The van der Waals surface area contributed by atoms with Crippen LogP contribution in [0.4, 0.5) is 11.4 Å². The van der Waals surface area contributed by atoms with Gasteiger partial charge in [0.2, 0.25) is 5.52 Å². The van der Waals surface area contributed by atoms with Crippen molar-refractivity contribution < 1.29 is 19.5 Å². The van der Waals surface area contributed by atoms with Crippen molar-refractivity contribution >= 4 is 28.4 Å². The van der Waals surface area contributed by atoms with Crippen LogP contribution < -0.4 is 4.90 Å². The summed E-state index contributed by atoms with van der Waals surface area (Å²) >= 11 is 0. The number of fused-ring (bicyclic) bond motifs is 1. The van der Waals surface area contributed by atoms with Gasteiger partial charge in [-0.1, -0.05) is 0 Å². The van der Waals surface area contributed by atoms with Crippen LogP contribution in [0.1, 0.15) is 12.8 Å². The maximum Gasteiger partial charge on any atom is 0.308 e. The predicted molar refractivity (Wildman–Crippen MR) is 71.0 cm³/mol. The molecule has 9 heteroatoms. The molecule has 9 nitrogen and oxygen atoms in total. The normalized spacial score (nSPS) is 18.9. The molecular formula is C12H12N4O5. The first-order chi connectivity index (χ1) is 10.1. The van der Waals surface area contributed by atoms with Crippen LogP contribution in [0.2, 0.25) is 0 Å². The molecule has 1 N–H and O–H groups in total. The third kappa shape index (κ3) is 2.26. The van der Waals surface area contributed by atoms with Gasteiger partial charge < -0.3 is 10.0 Å². The monoisotopic (exact) mass is 292 g/mol. The molecule has 1 aromatic carbocycles. The van der Waals surface area contributed by atoms with Crippen LogP contribution in [-0.4, -0.2) is 39.4 Å². The van der Waals surface area contributed by atoms with Crippen molar-refractivity contribution in [3.05, 3.63) is 22.2 Å². The first-order valence-corrected chi connectivity index (χ1v) is 6.45. The number of carboxylic acid groups (broad SMARTS) is 1. The second-order valence-electron chi connectivity index (χ2n) is 4.95. The Morgan fingerprint density at radius 3 is 2.90 bits per heavy atom. The van der Waals surface area contributed by atoms with Gasteiger partial charge in [0, 0.05) is 19.2 Å². The van der Waals surface area contributed by atoms with E-state index in [1.807, 2.05) is 4.90 Å². The van der Waals surface area contributed by atoms with E-state index in [0.29, 0.717) is 25.2 Å². The van der Waals surface area contributed by atoms with Crippen molar-refractivity contribution in [1.82, 2.24) is 10.3 Å². The van der Waals surface area contributed by atoms with Gasteiger partial charge in [-0.3, -0.25) is 14.9 Å². The Bertz CT molecular complexity index is 713. The summed E-state index contributed by atoms with van der Waals surface area (Å²) in [7, 11) is 0. The number of aromatic nitrogens is 2. The van der Waals surface area contributed by atoms with E-state index in [4.69, 9.17) is 5.11 Å². The van der Waals surface area contributed by atoms with E-state index in [1.165, 1.54) is 6.07 Å². The molecule has 1 aliphatic rings. The molecule has 21 heavy (non-hydrogen) atoms. The Hall–Kier alpha value is -2.71. The van der Waals surface area contributed by atoms with Gasteiger partial charge in [0.25, 0.3) is 0 Å². The summed E-state index contributed by atoms with van der Waals surface area (Å²) in [6.07, 6.45) is 1.36. The minimum absolute atomic E-state index is 0.0787. The van der Waals surface area contributed by atoms with Gasteiger partial charge in [0.05, 0.1) is 16.5 Å². The topological polar surface area (TPSA) is 123 Å². The molecule has 110 valence electrons. The highest BCUT2D eigenvalue weighted by Crippen LogP contribution is 2.33. The summed E-state index contributed by atoms with van der Waals surface area (Å²) in [5.74, 6) is -1.29. The fourth-order valence-corrected chi connectivity index (χ4v) is 2.64. The Morgan fingerprint density at radius 1 is 1.43 bits per heavy atom. The lowest BCUT2D eigenvalue weighted by Gasteiger charge is -2.32. The van der Waals surface area contributed by atoms with Gasteiger partial charge >= 0.3 is 11.7 Å². The zero-order chi connectivity index (χ0) is 15.0. The summed E-state index contributed by atoms with van der Waals surface area (Å²) < 4.78 is 4.61. The number of carboxylic acids is 1. The van der Waals surface area contributed by atoms with E-state index >= 15 is 0 Å². The van der Waals surface area contributed by atoms with E-state index < -0.39 is 16.8 Å². The molecule has 1 unspecified atom stereocenters. The van der Waals surface area contributed by atoms with Crippen molar-refractivity contribution in [3.8, 4) is 0 Å². The molecule has 0 spiro atoms. The fraction of sp³-hybridized carbons (Fsp3) is 0.417. The Labute approximate surface area is 118 Å². The van der Waals surface area contributed by atoms with Gasteiger partial charge in [-0.2, -0.15) is 0 Å². The van der Waals surface area contributed by atoms with Gasteiger partial charge in [-0.25, -0.2) is 4.63 Å². The van der Waals surface area contributed by atoms with E-state index in [0.717, 1.165) is 6.42 Å². The molecule has 1 fully saturated rings. The second kappa shape index (κ2) is 5.00. The smallest absolute Gasteiger partial charge is 0.308 e. The fourth-order valence-electron chi connectivity index (χ4n) is 2.64. The summed E-state index contributed by atoms with van der Waals surface area (Å²) in [4.78, 5) is 23.4. The number of anilines is 1. The molecule has 1 atom stereocenters. The van der Waals surface area contributed by atoms with Crippen LogP contribution in [-0.2, 0) is 4.79 Å². The number of piperidine rings is 1. The zero-order valence-electron chi connectivity index (χ0n) is 10.9. The van der Waals surface area contributed by atoms with Crippen LogP contribution in [0.5, 0.6) is 0 Å². The Morgan fingerprint density at radius 2 is 2.19 bits per heavy atom. The number of aliphatic carboxylic acids is 1. The van der Waals surface area contributed by atoms with Gasteiger partial charge in [0.15, 0.2) is 5.52 Å². The highest BCUT2D eigenvalue weighted by Gasteiger charge is 2.29. The molecule has 1 aliphatic heterocycles. The molecule has 2 heterocycles. The van der Waals surface area contributed by atoms with E-state index in [2.05, 4.69) is 14.9 Å². The number of nitro groups is 1. The summed E-state index contributed by atoms with van der Waals surface area (Å²) in [5, 5.41) is 27.4. The van der Waals surface area contributed by atoms with E-state index in [9.17, 15) is 14.9 Å². The predicted octanol–water partition coefficient (Wildman–Crippen LogP) is 1.43. The quantitative estimate of drug-likeness (QED) is 0.665. The van der Waals surface area contributed by atoms with E-state index in [1.54, 1.807) is 6.07 Å². The lowest BCUT2D eigenvalue weighted by molar-refractivity contribution is -0.383. The average Bonchev–Trinajstić information content (AvgIpc) is 2.95. The van der Waals surface area contributed by atoms with Crippen molar-refractivity contribution in [2.75, 3.05) is 18.0 Å². The molecule has 2 aromatic rings. The molecule has 0 amide bonds. The van der Waals surface area contributed by atoms with Gasteiger partial charge in [-0.05, 0) is 29.2 Å². The standard InChI is InChI=1S/C12H12N4O5/c17-12(18)7-2-1-5-15(6-7)8-3-4-9(16(19)20)11-10(8)13-21-14-11/h3-4,7H,1-2,5-6H2,(H,17,18). The first-order valence-electron chi connectivity index (χ1n) is 6.45. The number of hydrogen-bond acceptors (Lipinski definition) is 7. The molecule has 0 saturated carbocycles. The number of rotatable bonds is 3. The molecule has 1 saturated heterocycles. The van der Waals surface area contributed by atoms with Crippen LogP contribution in [0.25, 0.3) is 11.0 Å². The van der Waals surface area contributed by atoms with Gasteiger partial charge in [-0.15, -0.1) is 0 Å². The van der Waals surface area contributed by atoms with Crippen LogP contribution >= 0.6 is 0 Å². The summed E-state index contributed by atoms with van der Waals surface area (Å²) in [6.45, 7) is 1.01. The van der Waals surface area contributed by atoms with Crippen LogP contribution in [0, 0.1) is 16.0 Å². The first kappa shape index (κ1) is 13.3. The summed E-state index contributed by atoms with van der Waals surface area (Å²) in [6, 6.07) is 2.90. The molecule has 1 aromatic heterocycles. The lowest BCUT2D eigenvalue weighted by atomic mass is 9.97. The Balaban J connectivity index is 2.01. The summed E-state index contributed by atoms with van der Waals surface area (Å²) in [5.41, 5.74) is 0.801. The van der Waals surface area contributed by atoms with Gasteiger partial charge in [0.1, 0.15) is 0 Å². The second-order valence-corrected chi connectivity index (χ2v) is 4.95. The number of non-ortho nitro benzene ring substituents is 1. The van der Waals surface area contributed by atoms with Crippen molar-refractivity contribution in [1.29, 1.82) is 0 Å². The number of hydrogen-bond donors (Lipinski definition) is 1. The van der Waals surface area contributed by atoms with Crippen LogP contribution in [0.15, 0.2) is 16.8 Å². The van der Waals surface area contributed by atoms with E-state index in [-0.39, 0.29) is 16.7 Å². The molecule has 0 radical (unpaired) electrons. The van der Waals surface area contributed by atoms with Crippen molar-refractivity contribution in [3.63, 3.8) is 0 Å². The zero-order valence-corrected chi connectivity index (χ0v) is 10.9. The Kier molecular flexibility index (Phi) is 3.16. The third-order valence-electron chi connectivity index (χ3n) is 3.68. The number of benzene rings is 1. The maximum absolute atomic E-state index is 11.1. The molecule has 0 aliphatic carbocycles. The van der Waals surface area contributed by atoms with Crippen molar-refractivity contribution in [2.45, 2.75) is 12.8 Å². The molecule has 3 rings (SSSR count). The number of nitrogens with zero attached hydrogens (tertiary/aromatic N) is 4. The van der Waals surface area contributed by atoms with Crippen molar-refractivity contribution in [2.24, 2.45) is 5.92 Å². The number of carbonyl (C=O) groups is 1. The molecule has 0 bridgehead atoms. The SMILES string of the molecule is O=C(O)C1CCCN(c2ccc([N+](=O)[O-])c3nonc23)C1. The van der Waals surface area contributed by atoms with Crippen LogP contribution in [0.3, 0.4) is 0 Å². The maximum atomic E-state index is 11.1. The average molecular weight is 292 g/mol. The minimum atomic E-state index is -0.837. The highest BCUT2D eigenvalue weighted by molar-refractivity contribution is 5.94. The number of nitro benzene ring substituents is 1. The largest absolute Gasteiger partial charge is 0.481 e. The molecular weight excluding hydrogens is 280 g/mol.